The second-order valence-electron chi connectivity index (χ2n) is 6.73. The maximum atomic E-state index is 12.3. The Morgan fingerprint density at radius 2 is 1.78 bits per heavy atom. The Morgan fingerprint density at radius 1 is 1.15 bits per heavy atom. The highest BCUT2D eigenvalue weighted by molar-refractivity contribution is 7.89. The molecule has 7 nitrogen and oxygen atoms in total. The maximum Gasteiger partial charge on any atom is 0.251 e. The molecule has 1 aliphatic heterocycles. The maximum absolute atomic E-state index is 12.3. The summed E-state index contributed by atoms with van der Waals surface area (Å²) in [5.74, 6) is -0.408. The Hall–Kier alpha value is -1.64. The average molecular weight is 416 g/mol. The minimum absolute atomic E-state index is 0.0316. The Bertz CT molecular complexity index is 788. The van der Waals surface area contributed by atoms with Crippen molar-refractivity contribution in [2.75, 3.05) is 33.7 Å². The topological polar surface area (TPSA) is 86.8 Å². The van der Waals surface area contributed by atoms with Gasteiger partial charge in [-0.05, 0) is 31.0 Å². The monoisotopic (exact) mass is 415 g/mol. The number of amides is 2. The summed E-state index contributed by atoms with van der Waals surface area (Å²) in [5.41, 5.74) is 0.182. The lowest BCUT2D eigenvalue weighted by molar-refractivity contribution is -0.131. The lowest BCUT2D eigenvalue weighted by atomic mass is 10.2. The number of halogens is 1. The number of hydrogen-bond acceptors (Lipinski definition) is 4. The van der Waals surface area contributed by atoms with E-state index >= 15 is 0 Å². The molecule has 0 unspecified atom stereocenters. The van der Waals surface area contributed by atoms with E-state index in [9.17, 15) is 18.0 Å². The molecule has 2 amide bonds. The van der Waals surface area contributed by atoms with Gasteiger partial charge in [0, 0.05) is 45.7 Å². The molecule has 0 bridgehead atoms. The fourth-order valence-corrected chi connectivity index (χ4v) is 4.30. The summed E-state index contributed by atoms with van der Waals surface area (Å²) < 4.78 is 25.6. The third kappa shape index (κ3) is 5.67. The molecule has 9 heteroatoms. The number of nitrogens with zero attached hydrogens (tertiary/aromatic N) is 2. The molecule has 27 heavy (non-hydrogen) atoms. The van der Waals surface area contributed by atoms with Crippen LogP contribution in [-0.2, 0) is 14.8 Å². The van der Waals surface area contributed by atoms with E-state index in [1.807, 2.05) is 4.90 Å². The standard InChI is InChI=1S/C18H26ClN3O4S/c1-21(2)27(25,26)16-13-14(7-8-15(16)19)18(24)20-10-9-17(23)22-11-5-3-4-6-12-22/h7-8,13H,3-6,9-12H2,1-2H3,(H,20,24). The van der Waals surface area contributed by atoms with Gasteiger partial charge in [0.2, 0.25) is 15.9 Å². The van der Waals surface area contributed by atoms with Crippen LogP contribution in [0.5, 0.6) is 0 Å². The van der Waals surface area contributed by atoms with Gasteiger partial charge in [-0.15, -0.1) is 0 Å². The Kier molecular flexibility index (Phi) is 7.64. The van der Waals surface area contributed by atoms with Crippen molar-refractivity contribution < 1.29 is 18.0 Å². The van der Waals surface area contributed by atoms with Crippen molar-refractivity contribution in [1.82, 2.24) is 14.5 Å². The molecule has 1 aromatic rings. The molecule has 0 atom stereocenters. The predicted octanol–water partition coefficient (Wildman–Crippen LogP) is 2.11. The summed E-state index contributed by atoms with van der Waals surface area (Å²) >= 11 is 5.99. The summed E-state index contributed by atoms with van der Waals surface area (Å²) in [6, 6.07) is 4.10. The molecule has 1 N–H and O–H groups in total. The quantitative estimate of drug-likeness (QED) is 0.770. The fourth-order valence-electron chi connectivity index (χ4n) is 2.90. The molecule has 1 aromatic carbocycles. The van der Waals surface area contributed by atoms with Crippen molar-refractivity contribution in [2.45, 2.75) is 37.0 Å². The first kappa shape index (κ1) is 21.7. The van der Waals surface area contributed by atoms with Gasteiger partial charge in [-0.1, -0.05) is 24.4 Å². The molecule has 1 saturated heterocycles. The van der Waals surface area contributed by atoms with Gasteiger partial charge in [-0.3, -0.25) is 9.59 Å². The van der Waals surface area contributed by atoms with E-state index < -0.39 is 15.9 Å². The Morgan fingerprint density at radius 3 is 2.37 bits per heavy atom. The van der Waals surface area contributed by atoms with Crippen LogP contribution in [0.4, 0.5) is 0 Å². The minimum atomic E-state index is -3.75. The van der Waals surface area contributed by atoms with E-state index in [1.54, 1.807) is 0 Å². The van der Waals surface area contributed by atoms with Gasteiger partial charge < -0.3 is 10.2 Å². The summed E-state index contributed by atoms with van der Waals surface area (Å²) in [6.45, 7) is 1.75. The van der Waals surface area contributed by atoms with Gasteiger partial charge in [-0.2, -0.15) is 0 Å². The highest BCUT2D eigenvalue weighted by atomic mass is 35.5. The van der Waals surface area contributed by atoms with Crippen molar-refractivity contribution in [3.63, 3.8) is 0 Å². The molecule has 0 aromatic heterocycles. The van der Waals surface area contributed by atoms with Crippen LogP contribution in [0, 0.1) is 0 Å². The number of sulfonamides is 1. The second-order valence-corrected chi connectivity index (χ2v) is 9.26. The van der Waals surface area contributed by atoms with E-state index in [1.165, 1.54) is 32.3 Å². The minimum Gasteiger partial charge on any atom is -0.352 e. The van der Waals surface area contributed by atoms with Crippen LogP contribution in [0.3, 0.4) is 0 Å². The molecule has 0 saturated carbocycles. The van der Waals surface area contributed by atoms with E-state index in [2.05, 4.69) is 5.32 Å². The van der Waals surface area contributed by atoms with Crippen molar-refractivity contribution in [2.24, 2.45) is 0 Å². The van der Waals surface area contributed by atoms with Crippen LogP contribution in [0.25, 0.3) is 0 Å². The molecule has 150 valence electrons. The molecule has 0 radical (unpaired) electrons. The number of hydrogen-bond donors (Lipinski definition) is 1. The summed E-state index contributed by atoms with van der Waals surface area (Å²) in [7, 11) is -0.964. The second kappa shape index (κ2) is 9.52. The number of carbonyl (C=O) groups excluding carboxylic acids is 2. The van der Waals surface area contributed by atoms with Gasteiger partial charge in [0.15, 0.2) is 0 Å². The van der Waals surface area contributed by atoms with Crippen LogP contribution in [0.2, 0.25) is 5.02 Å². The van der Waals surface area contributed by atoms with Gasteiger partial charge >= 0.3 is 0 Å². The van der Waals surface area contributed by atoms with Gasteiger partial charge in [-0.25, -0.2) is 12.7 Å². The lowest BCUT2D eigenvalue weighted by Gasteiger charge is -2.20. The van der Waals surface area contributed by atoms with Crippen LogP contribution >= 0.6 is 11.6 Å². The van der Waals surface area contributed by atoms with Crippen LogP contribution in [0.15, 0.2) is 23.1 Å². The third-order valence-corrected chi connectivity index (χ3v) is 6.83. The Labute approximate surface area is 165 Å². The van der Waals surface area contributed by atoms with Crippen molar-refractivity contribution in [1.29, 1.82) is 0 Å². The Balaban J connectivity index is 1.97. The number of likely N-dealkylation sites (tertiary alicyclic amines) is 1. The summed E-state index contributed by atoms with van der Waals surface area (Å²) in [5, 5.41) is 2.73. The molecule has 2 rings (SSSR count). The first-order valence-electron chi connectivity index (χ1n) is 9.01. The molecule has 1 heterocycles. The lowest BCUT2D eigenvalue weighted by Crippen LogP contribution is -2.35. The van der Waals surface area contributed by atoms with E-state index in [0.29, 0.717) is 0 Å². The zero-order valence-electron chi connectivity index (χ0n) is 15.7. The highest BCUT2D eigenvalue weighted by Crippen LogP contribution is 2.24. The largest absolute Gasteiger partial charge is 0.352 e. The van der Waals surface area contributed by atoms with Crippen molar-refractivity contribution in [3.8, 4) is 0 Å². The van der Waals surface area contributed by atoms with E-state index in [4.69, 9.17) is 11.6 Å². The number of nitrogens with one attached hydrogen (secondary N) is 1. The highest BCUT2D eigenvalue weighted by Gasteiger charge is 2.22. The fraction of sp³-hybridized carbons (Fsp3) is 0.556. The van der Waals surface area contributed by atoms with Crippen molar-refractivity contribution >= 4 is 33.4 Å². The van der Waals surface area contributed by atoms with Crippen LogP contribution in [0.1, 0.15) is 42.5 Å². The normalized spacial score (nSPS) is 15.5. The van der Waals surface area contributed by atoms with E-state index in [0.717, 1.165) is 43.1 Å². The SMILES string of the molecule is CN(C)S(=O)(=O)c1cc(C(=O)NCCC(=O)N2CCCCCC2)ccc1Cl. The molecule has 1 fully saturated rings. The average Bonchev–Trinajstić information content (AvgIpc) is 2.91. The zero-order chi connectivity index (χ0) is 20.0. The summed E-state index contributed by atoms with van der Waals surface area (Å²) in [6.07, 6.45) is 4.56. The number of benzene rings is 1. The number of carbonyl (C=O) groups is 2. The summed E-state index contributed by atoms with van der Waals surface area (Å²) in [4.78, 5) is 26.3. The van der Waals surface area contributed by atoms with E-state index in [-0.39, 0.29) is 34.4 Å². The molecule has 1 aliphatic rings. The molecule has 0 aliphatic carbocycles. The third-order valence-electron chi connectivity index (χ3n) is 4.54. The predicted molar refractivity (Wildman–Crippen MR) is 104 cm³/mol. The van der Waals surface area contributed by atoms with Crippen molar-refractivity contribution in [3.05, 3.63) is 28.8 Å². The molecular formula is C18H26ClN3O4S. The van der Waals surface area contributed by atoms with Crippen LogP contribution < -0.4 is 5.32 Å². The van der Waals surface area contributed by atoms with Crippen LogP contribution in [-0.4, -0.2) is 63.2 Å². The zero-order valence-corrected chi connectivity index (χ0v) is 17.3. The number of rotatable bonds is 6. The smallest absolute Gasteiger partial charge is 0.251 e. The molecular weight excluding hydrogens is 390 g/mol. The van der Waals surface area contributed by atoms with Gasteiger partial charge in [0.05, 0.1) is 5.02 Å². The van der Waals surface area contributed by atoms with Gasteiger partial charge in [0.1, 0.15) is 4.90 Å². The van der Waals surface area contributed by atoms with Gasteiger partial charge in [0.25, 0.3) is 5.91 Å². The first-order chi connectivity index (χ1) is 12.7. The molecule has 0 spiro atoms. The first-order valence-corrected chi connectivity index (χ1v) is 10.8.